The monoisotopic (exact) mass is 390 g/mol. The molecule has 0 fully saturated rings. The second-order valence-corrected chi connectivity index (χ2v) is 8.02. The van der Waals surface area contributed by atoms with E-state index in [-0.39, 0.29) is 4.90 Å². The molecule has 3 aromatic carbocycles. The summed E-state index contributed by atoms with van der Waals surface area (Å²) in [6.07, 6.45) is 1.59. The van der Waals surface area contributed by atoms with Crippen molar-refractivity contribution in [3.8, 4) is 0 Å². The number of imidazole rings is 1. The number of benzene rings is 3. The molecular formula is C21H18N4O2S. The van der Waals surface area contributed by atoms with Crippen molar-refractivity contribution in [3.05, 3.63) is 83.9 Å². The molecule has 6 nitrogen and oxygen atoms in total. The third-order valence-corrected chi connectivity index (χ3v) is 5.62. The lowest BCUT2D eigenvalue weighted by Crippen LogP contribution is -2.14. The zero-order valence-corrected chi connectivity index (χ0v) is 15.9. The van der Waals surface area contributed by atoms with Crippen LogP contribution in [0.3, 0.4) is 0 Å². The number of sulfonamides is 1. The van der Waals surface area contributed by atoms with Crippen molar-refractivity contribution >= 4 is 38.9 Å². The van der Waals surface area contributed by atoms with E-state index in [4.69, 9.17) is 0 Å². The van der Waals surface area contributed by atoms with Crippen molar-refractivity contribution in [2.45, 2.75) is 11.8 Å². The van der Waals surface area contributed by atoms with E-state index in [1.165, 1.54) is 0 Å². The van der Waals surface area contributed by atoms with Crippen LogP contribution in [0.1, 0.15) is 11.1 Å². The maximum Gasteiger partial charge on any atom is 0.261 e. The van der Waals surface area contributed by atoms with Crippen LogP contribution in [-0.2, 0) is 10.0 Å². The number of aromatic amines is 1. The molecule has 4 rings (SSSR count). The number of nitrogens with one attached hydrogen (secondary N) is 2. The Morgan fingerprint density at radius 3 is 2.46 bits per heavy atom. The van der Waals surface area contributed by atoms with E-state index in [1.807, 2.05) is 37.3 Å². The average molecular weight is 390 g/mol. The Balaban J connectivity index is 1.62. The summed E-state index contributed by atoms with van der Waals surface area (Å²) in [7, 11) is -3.69. The zero-order valence-electron chi connectivity index (χ0n) is 15.1. The van der Waals surface area contributed by atoms with Crippen LogP contribution in [-0.4, -0.2) is 24.6 Å². The van der Waals surface area contributed by atoms with E-state index in [0.717, 1.165) is 16.6 Å². The highest BCUT2D eigenvalue weighted by molar-refractivity contribution is 7.92. The van der Waals surface area contributed by atoms with Crippen molar-refractivity contribution in [2.75, 3.05) is 4.72 Å². The molecule has 7 heteroatoms. The highest BCUT2D eigenvalue weighted by Crippen LogP contribution is 2.21. The number of aromatic nitrogens is 2. The fourth-order valence-corrected chi connectivity index (χ4v) is 3.84. The standard InChI is InChI=1S/C21H18N4O2S/c1-15-10-12-17(13-11-15)28(26,27)25-18-7-3-2-6-16(18)14-22-21-23-19-8-4-5-9-20(19)24-21/h2-14,25H,1H3,(H,23,24)/b22-14+. The Hall–Kier alpha value is -3.45. The molecule has 0 saturated carbocycles. The number of rotatable bonds is 5. The van der Waals surface area contributed by atoms with Gasteiger partial charge in [-0.25, -0.2) is 18.4 Å². The topological polar surface area (TPSA) is 87.2 Å². The van der Waals surface area contributed by atoms with Gasteiger partial charge in [-0.15, -0.1) is 0 Å². The van der Waals surface area contributed by atoms with Crippen LogP contribution in [0.4, 0.5) is 11.6 Å². The van der Waals surface area contributed by atoms with E-state index in [1.54, 1.807) is 48.7 Å². The Bertz CT molecular complexity index is 1230. The number of aliphatic imine (C=N–C) groups is 1. The SMILES string of the molecule is Cc1ccc(S(=O)(=O)Nc2ccccc2/C=N/c2nc3ccccc3[nH]2)cc1. The average Bonchev–Trinajstić information content (AvgIpc) is 3.10. The van der Waals surface area contributed by atoms with Gasteiger partial charge in [-0.2, -0.15) is 0 Å². The maximum absolute atomic E-state index is 12.7. The molecule has 0 aliphatic heterocycles. The Morgan fingerprint density at radius 1 is 0.964 bits per heavy atom. The highest BCUT2D eigenvalue weighted by atomic mass is 32.2. The molecule has 0 unspecified atom stereocenters. The van der Waals surface area contributed by atoms with Crippen LogP contribution in [0, 0.1) is 6.92 Å². The van der Waals surface area contributed by atoms with Gasteiger partial charge in [-0.05, 0) is 37.3 Å². The first-order chi connectivity index (χ1) is 13.5. The van der Waals surface area contributed by atoms with E-state index in [9.17, 15) is 8.42 Å². The molecule has 140 valence electrons. The van der Waals surface area contributed by atoms with E-state index in [0.29, 0.717) is 17.2 Å². The van der Waals surface area contributed by atoms with Crippen LogP contribution < -0.4 is 4.72 Å². The van der Waals surface area contributed by atoms with Crippen molar-refractivity contribution in [2.24, 2.45) is 4.99 Å². The van der Waals surface area contributed by atoms with Crippen molar-refractivity contribution in [1.29, 1.82) is 0 Å². The normalized spacial score (nSPS) is 11.9. The van der Waals surface area contributed by atoms with Gasteiger partial charge in [0.05, 0.1) is 21.6 Å². The third kappa shape index (κ3) is 3.79. The van der Waals surface area contributed by atoms with E-state index >= 15 is 0 Å². The largest absolute Gasteiger partial charge is 0.322 e. The van der Waals surface area contributed by atoms with Gasteiger partial charge in [0.25, 0.3) is 10.0 Å². The molecule has 4 aromatic rings. The first-order valence-electron chi connectivity index (χ1n) is 8.69. The summed E-state index contributed by atoms with van der Waals surface area (Å²) in [6, 6.07) is 21.4. The molecule has 0 spiro atoms. The molecule has 0 bridgehead atoms. The summed E-state index contributed by atoms with van der Waals surface area (Å²) < 4.78 is 28.0. The second-order valence-electron chi connectivity index (χ2n) is 6.34. The molecule has 2 N–H and O–H groups in total. The smallest absolute Gasteiger partial charge is 0.261 e. The minimum absolute atomic E-state index is 0.210. The number of hydrogen-bond acceptors (Lipinski definition) is 4. The van der Waals surface area contributed by atoms with Crippen LogP contribution >= 0.6 is 0 Å². The first kappa shape index (κ1) is 17.9. The van der Waals surface area contributed by atoms with E-state index in [2.05, 4.69) is 19.7 Å². The Kier molecular flexibility index (Phi) is 4.67. The lowest BCUT2D eigenvalue weighted by atomic mass is 10.2. The molecule has 0 aliphatic carbocycles. The quantitative estimate of drug-likeness (QED) is 0.495. The van der Waals surface area contributed by atoms with Gasteiger partial charge in [-0.3, -0.25) is 4.72 Å². The minimum atomic E-state index is -3.69. The lowest BCUT2D eigenvalue weighted by molar-refractivity contribution is 0.601. The molecule has 0 aliphatic rings. The summed E-state index contributed by atoms with van der Waals surface area (Å²) in [5.74, 6) is 0.456. The summed E-state index contributed by atoms with van der Waals surface area (Å²) in [6.45, 7) is 1.91. The molecule has 1 aromatic heterocycles. The van der Waals surface area contributed by atoms with Crippen LogP contribution in [0.2, 0.25) is 0 Å². The van der Waals surface area contributed by atoms with Gasteiger partial charge in [0.1, 0.15) is 0 Å². The highest BCUT2D eigenvalue weighted by Gasteiger charge is 2.15. The van der Waals surface area contributed by atoms with Crippen LogP contribution in [0.25, 0.3) is 11.0 Å². The van der Waals surface area contributed by atoms with Crippen LogP contribution in [0.5, 0.6) is 0 Å². The second kappa shape index (κ2) is 7.28. The predicted octanol–water partition coefficient (Wildman–Crippen LogP) is 4.42. The molecule has 0 saturated heterocycles. The Labute approximate surface area is 163 Å². The first-order valence-corrected chi connectivity index (χ1v) is 10.2. The van der Waals surface area contributed by atoms with Gasteiger partial charge < -0.3 is 4.98 Å². The number of aryl methyl sites for hydroxylation is 1. The fraction of sp³-hybridized carbons (Fsp3) is 0.0476. The molecule has 0 atom stereocenters. The molecule has 1 heterocycles. The molecule has 0 amide bonds. The summed E-state index contributed by atoms with van der Waals surface area (Å²) in [5, 5.41) is 0. The van der Waals surface area contributed by atoms with Gasteiger partial charge in [0.2, 0.25) is 5.95 Å². The summed E-state index contributed by atoms with van der Waals surface area (Å²) in [4.78, 5) is 12.1. The Morgan fingerprint density at radius 2 is 1.68 bits per heavy atom. The number of H-pyrrole nitrogens is 1. The summed E-state index contributed by atoms with van der Waals surface area (Å²) >= 11 is 0. The predicted molar refractivity (Wildman–Crippen MR) is 112 cm³/mol. The number of hydrogen-bond donors (Lipinski definition) is 2. The molecule has 28 heavy (non-hydrogen) atoms. The van der Waals surface area contributed by atoms with Crippen molar-refractivity contribution in [1.82, 2.24) is 9.97 Å². The number of nitrogens with zero attached hydrogens (tertiary/aromatic N) is 2. The fourth-order valence-electron chi connectivity index (χ4n) is 2.75. The van der Waals surface area contributed by atoms with Gasteiger partial charge in [0, 0.05) is 11.8 Å². The van der Waals surface area contributed by atoms with Crippen molar-refractivity contribution in [3.63, 3.8) is 0 Å². The number of para-hydroxylation sites is 3. The van der Waals surface area contributed by atoms with E-state index < -0.39 is 10.0 Å². The maximum atomic E-state index is 12.7. The number of fused-ring (bicyclic) bond motifs is 1. The van der Waals surface area contributed by atoms with Crippen LogP contribution in [0.15, 0.2) is 82.7 Å². The molecular weight excluding hydrogens is 372 g/mol. The lowest BCUT2D eigenvalue weighted by Gasteiger charge is -2.10. The third-order valence-electron chi connectivity index (χ3n) is 4.24. The minimum Gasteiger partial charge on any atom is -0.322 e. The number of anilines is 1. The van der Waals surface area contributed by atoms with Crippen molar-refractivity contribution < 1.29 is 8.42 Å². The molecule has 0 radical (unpaired) electrons. The van der Waals surface area contributed by atoms with Gasteiger partial charge in [-0.1, -0.05) is 48.0 Å². The zero-order chi connectivity index (χ0) is 19.6. The van der Waals surface area contributed by atoms with Gasteiger partial charge in [0.15, 0.2) is 0 Å². The summed E-state index contributed by atoms with van der Waals surface area (Å²) in [5.41, 5.74) is 3.80. The van der Waals surface area contributed by atoms with Gasteiger partial charge >= 0.3 is 0 Å².